The van der Waals surface area contributed by atoms with Crippen molar-refractivity contribution >= 4 is 5.69 Å². The van der Waals surface area contributed by atoms with Gasteiger partial charge in [0, 0.05) is 11.7 Å². The highest BCUT2D eigenvalue weighted by Gasteiger charge is 2.36. The highest BCUT2D eigenvalue weighted by molar-refractivity contribution is 5.56. The summed E-state index contributed by atoms with van der Waals surface area (Å²) in [5, 5.41) is 3.62. The van der Waals surface area contributed by atoms with Crippen LogP contribution in [0.1, 0.15) is 50.5 Å². The zero-order valence-corrected chi connectivity index (χ0v) is 10.4. The molecule has 1 aliphatic heterocycles. The molecule has 1 unspecified atom stereocenters. The van der Waals surface area contributed by atoms with Crippen molar-refractivity contribution in [3.8, 4) is 0 Å². The number of hydrogen-bond acceptors (Lipinski definition) is 1. The highest BCUT2D eigenvalue weighted by Crippen LogP contribution is 2.45. The van der Waals surface area contributed by atoms with Gasteiger partial charge in [-0.3, -0.25) is 0 Å². The second kappa shape index (κ2) is 4.32. The largest absolute Gasteiger partial charge is 0.382 e. The van der Waals surface area contributed by atoms with Gasteiger partial charge in [-0.25, -0.2) is 4.39 Å². The lowest BCUT2D eigenvalue weighted by Crippen LogP contribution is -2.40. The average molecular weight is 233 g/mol. The smallest absolute Gasteiger partial charge is 0.123 e. The Bertz CT molecular complexity index is 415. The summed E-state index contributed by atoms with van der Waals surface area (Å²) < 4.78 is 13.4. The third kappa shape index (κ3) is 1.84. The van der Waals surface area contributed by atoms with Crippen LogP contribution >= 0.6 is 0 Å². The van der Waals surface area contributed by atoms with Gasteiger partial charge in [0.2, 0.25) is 0 Å². The molecule has 0 spiro atoms. The molecule has 1 N–H and O–H groups in total. The molecule has 1 aliphatic carbocycles. The van der Waals surface area contributed by atoms with Crippen LogP contribution in [0.5, 0.6) is 0 Å². The summed E-state index contributed by atoms with van der Waals surface area (Å²) in [5.41, 5.74) is 2.37. The molecular formula is C15H20FN. The number of halogens is 1. The topological polar surface area (TPSA) is 12.0 Å². The van der Waals surface area contributed by atoms with Gasteiger partial charge in [0.05, 0.1) is 0 Å². The van der Waals surface area contributed by atoms with Crippen molar-refractivity contribution in [1.82, 2.24) is 0 Å². The Morgan fingerprint density at radius 3 is 2.94 bits per heavy atom. The fourth-order valence-corrected chi connectivity index (χ4v) is 3.75. The van der Waals surface area contributed by atoms with E-state index in [0.717, 1.165) is 6.42 Å². The van der Waals surface area contributed by atoms with Crippen molar-refractivity contribution in [3.63, 3.8) is 0 Å². The summed E-state index contributed by atoms with van der Waals surface area (Å²) in [4.78, 5) is 0. The van der Waals surface area contributed by atoms with Crippen molar-refractivity contribution in [2.75, 3.05) is 5.32 Å². The first kappa shape index (κ1) is 11.1. The standard InChI is InChI=1S/C15H20FN/c1-2-11-12-5-3-4-6-14(12)17-15-8-7-10(16)9-13(11)15/h7-9,11-12,14,17H,2-6H2,1H3/t11?,12-,14-/m1/s1. The summed E-state index contributed by atoms with van der Waals surface area (Å²) in [5.74, 6) is 1.16. The van der Waals surface area contributed by atoms with Gasteiger partial charge in [0.15, 0.2) is 0 Å². The van der Waals surface area contributed by atoms with Gasteiger partial charge in [0.1, 0.15) is 5.82 Å². The summed E-state index contributed by atoms with van der Waals surface area (Å²) in [7, 11) is 0. The molecule has 2 aliphatic rings. The molecule has 3 rings (SSSR count). The van der Waals surface area contributed by atoms with Crippen LogP contribution in [0.3, 0.4) is 0 Å². The van der Waals surface area contributed by atoms with E-state index >= 15 is 0 Å². The molecule has 0 amide bonds. The lowest BCUT2D eigenvalue weighted by atomic mass is 9.70. The van der Waals surface area contributed by atoms with Crippen LogP contribution in [0.4, 0.5) is 10.1 Å². The van der Waals surface area contributed by atoms with E-state index in [1.807, 2.05) is 6.07 Å². The first-order chi connectivity index (χ1) is 8.29. The number of fused-ring (bicyclic) bond motifs is 2. The van der Waals surface area contributed by atoms with Gasteiger partial charge in [0.25, 0.3) is 0 Å². The Hall–Kier alpha value is -1.05. The Kier molecular flexibility index (Phi) is 2.81. The van der Waals surface area contributed by atoms with E-state index in [-0.39, 0.29) is 5.82 Å². The molecule has 3 atom stereocenters. The predicted octanol–water partition coefficient (Wildman–Crippen LogP) is 4.30. The van der Waals surface area contributed by atoms with E-state index < -0.39 is 0 Å². The maximum Gasteiger partial charge on any atom is 0.123 e. The summed E-state index contributed by atoms with van der Waals surface area (Å²) in [6.07, 6.45) is 6.37. The van der Waals surface area contributed by atoms with Crippen LogP contribution in [0.25, 0.3) is 0 Å². The minimum Gasteiger partial charge on any atom is -0.382 e. The highest BCUT2D eigenvalue weighted by atomic mass is 19.1. The molecule has 1 aromatic rings. The van der Waals surface area contributed by atoms with Gasteiger partial charge in [-0.15, -0.1) is 0 Å². The Balaban J connectivity index is 2.01. The minimum atomic E-state index is -0.0988. The normalized spacial score (nSPS) is 31.3. The second-order valence-corrected chi connectivity index (χ2v) is 5.45. The second-order valence-electron chi connectivity index (χ2n) is 5.45. The van der Waals surface area contributed by atoms with Crippen molar-refractivity contribution in [3.05, 3.63) is 29.6 Å². The molecule has 0 aromatic heterocycles. The lowest BCUT2D eigenvalue weighted by Gasteiger charge is -2.43. The van der Waals surface area contributed by atoms with Crippen LogP contribution in [-0.4, -0.2) is 6.04 Å². The number of rotatable bonds is 1. The van der Waals surface area contributed by atoms with Gasteiger partial charge in [-0.05, 0) is 54.9 Å². The van der Waals surface area contributed by atoms with E-state index in [4.69, 9.17) is 0 Å². The van der Waals surface area contributed by atoms with E-state index in [1.165, 1.54) is 36.9 Å². The first-order valence-corrected chi connectivity index (χ1v) is 6.85. The van der Waals surface area contributed by atoms with E-state index in [1.54, 1.807) is 12.1 Å². The zero-order valence-electron chi connectivity index (χ0n) is 10.4. The molecule has 1 fully saturated rings. The molecule has 1 saturated carbocycles. The summed E-state index contributed by atoms with van der Waals surface area (Å²) in [6, 6.07) is 5.84. The maximum absolute atomic E-state index is 13.4. The molecule has 0 radical (unpaired) electrons. The Morgan fingerprint density at radius 1 is 1.29 bits per heavy atom. The minimum absolute atomic E-state index is 0.0988. The van der Waals surface area contributed by atoms with Crippen molar-refractivity contribution in [1.29, 1.82) is 0 Å². The molecule has 0 saturated heterocycles. The number of benzene rings is 1. The fourth-order valence-electron chi connectivity index (χ4n) is 3.75. The van der Waals surface area contributed by atoms with E-state index in [0.29, 0.717) is 17.9 Å². The van der Waals surface area contributed by atoms with Gasteiger partial charge in [-0.2, -0.15) is 0 Å². The zero-order chi connectivity index (χ0) is 11.8. The predicted molar refractivity (Wildman–Crippen MR) is 68.8 cm³/mol. The maximum atomic E-state index is 13.4. The molecule has 92 valence electrons. The van der Waals surface area contributed by atoms with Gasteiger partial charge in [-0.1, -0.05) is 19.8 Å². The molecule has 17 heavy (non-hydrogen) atoms. The van der Waals surface area contributed by atoms with Crippen LogP contribution < -0.4 is 5.32 Å². The summed E-state index contributed by atoms with van der Waals surface area (Å²) in [6.45, 7) is 2.23. The summed E-state index contributed by atoms with van der Waals surface area (Å²) >= 11 is 0. The van der Waals surface area contributed by atoms with Gasteiger partial charge >= 0.3 is 0 Å². The Labute approximate surface area is 102 Å². The monoisotopic (exact) mass is 233 g/mol. The molecule has 1 heterocycles. The van der Waals surface area contributed by atoms with E-state index in [9.17, 15) is 4.39 Å². The fraction of sp³-hybridized carbons (Fsp3) is 0.600. The molecular weight excluding hydrogens is 213 g/mol. The van der Waals surface area contributed by atoms with Gasteiger partial charge < -0.3 is 5.32 Å². The average Bonchev–Trinajstić information content (AvgIpc) is 2.36. The van der Waals surface area contributed by atoms with Crippen molar-refractivity contribution in [2.45, 2.75) is 51.0 Å². The van der Waals surface area contributed by atoms with Crippen LogP contribution in [-0.2, 0) is 0 Å². The third-order valence-corrected chi connectivity index (χ3v) is 4.53. The number of anilines is 1. The van der Waals surface area contributed by atoms with E-state index in [2.05, 4.69) is 12.2 Å². The molecule has 0 bridgehead atoms. The van der Waals surface area contributed by atoms with Crippen LogP contribution in [0.2, 0.25) is 0 Å². The molecule has 1 nitrogen and oxygen atoms in total. The Morgan fingerprint density at radius 2 is 2.12 bits per heavy atom. The molecule has 1 aromatic carbocycles. The lowest BCUT2D eigenvalue weighted by molar-refractivity contribution is 0.262. The van der Waals surface area contributed by atoms with Crippen LogP contribution in [0.15, 0.2) is 18.2 Å². The third-order valence-electron chi connectivity index (χ3n) is 4.53. The SMILES string of the molecule is CCC1c2cc(F)ccc2N[C@@H]2CCCC[C@H]12. The number of nitrogens with one attached hydrogen (secondary N) is 1. The first-order valence-electron chi connectivity index (χ1n) is 6.85. The van der Waals surface area contributed by atoms with Crippen molar-refractivity contribution < 1.29 is 4.39 Å². The molecule has 2 heteroatoms. The quantitative estimate of drug-likeness (QED) is 0.762. The number of hydrogen-bond donors (Lipinski definition) is 1. The van der Waals surface area contributed by atoms with Crippen LogP contribution in [0, 0.1) is 11.7 Å². The van der Waals surface area contributed by atoms with Crippen molar-refractivity contribution in [2.24, 2.45) is 5.92 Å².